The van der Waals surface area contributed by atoms with Crippen LogP contribution in [0.15, 0.2) is 77.3 Å². The number of aromatic nitrogens is 4. The van der Waals surface area contributed by atoms with Crippen molar-refractivity contribution in [1.29, 1.82) is 0 Å². The molecule has 5 rings (SSSR count). The number of nitrogens with zero attached hydrogens (tertiary/aromatic N) is 4. The van der Waals surface area contributed by atoms with Crippen molar-refractivity contribution >= 4 is 23.7 Å². The SMILES string of the molecule is O=Cc1noc(-c2ccccc2Cl)c1C(=O)c1nnn(Cc2cc(C(F)(F)F)cc(C(F)(F)F)c2)c1-c1ccccc1. The number of ketones is 1. The number of rotatable bonds is 7. The van der Waals surface area contributed by atoms with E-state index < -0.39 is 41.4 Å². The summed E-state index contributed by atoms with van der Waals surface area (Å²) in [5, 5.41) is 11.6. The molecule has 5 aromatic rings. The van der Waals surface area contributed by atoms with Gasteiger partial charge in [0.05, 0.1) is 22.7 Å². The van der Waals surface area contributed by atoms with E-state index in [0.717, 1.165) is 4.68 Å². The normalized spacial score (nSPS) is 12.0. The maximum Gasteiger partial charge on any atom is 0.416 e. The van der Waals surface area contributed by atoms with Gasteiger partial charge in [-0.2, -0.15) is 26.3 Å². The van der Waals surface area contributed by atoms with Gasteiger partial charge < -0.3 is 4.52 Å². The lowest BCUT2D eigenvalue weighted by atomic mass is 9.98. The summed E-state index contributed by atoms with van der Waals surface area (Å²) in [6, 6.07) is 15.3. The molecule has 0 aliphatic heterocycles. The second kappa shape index (κ2) is 10.9. The van der Waals surface area contributed by atoms with Crippen LogP contribution in [-0.4, -0.2) is 32.2 Å². The van der Waals surface area contributed by atoms with Crippen molar-refractivity contribution in [2.24, 2.45) is 0 Å². The molecule has 0 saturated heterocycles. The van der Waals surface area contributed by atoms with Crippen molar-refractivity contribution in [3.63, 3.8) is 0 Å². The fraction of sp³-hybridized carbons (Fsp3) is 0.107. The Morgan fingerprint density at radius 1 is 0.905 bits per heavy atom. The fourth-order valence-corrected chi connectivity index (χ4v) is 4.51. The molecule has 14 heteroatoms. The van der Waals surface area contributed by atoms with Crippen LogP contribution < -0.4 is 0 Å². The largest absolute Gasteiger partial charge is 0.416 e. The minimum atomic E-state index is -5.06. The molecule has 0 aliphatic carbocycles. The van der Waals surface area contributed by atoms with E-state index in [1.807, 2.05) is 0 Å². The van der Waals surface area contributed by atoms with E-state index in [1.165, 1.54) is 12.1 Å². The Hall–Kier alpha value is -4.78. The van der Waals surface area contributed by atoms with Crippen LogP contribution in [0.25, 0.3) is 22.6 Å². The third-order valence-electron chi connectivity index (χ3n) is 6.15. The minimum Gasteiger partial charge on any atom is -0.355 e. The standard InChI is InChI=1S/C28H15ClF6N4O3/c29-20-9-5-4-8-19(20)26-22(21(14-40)37-42-26)25(41)23-24(16-6-2-1-3-7-16)39(38-36-23)13-15-10-17(27(30,31)32)12-18(11-15)28(33,34)35/h1-12,14H,13H2. The van der Waals surface area contributed by atoms with Crippen LogP contribution in [0.2, 0.25) is 5.02 Å². The molecular weight excluding hydrogens is 590 g/mol. The fourth-order valence-electron chi connectivity index (χ4n) is 4.29. The topological polar surface area (TPSA) is 90.9 Å². The molecule has 214 valence electrons. The van der Waals surface area contributed by atoms with Crippen LogP contribution in [0, 0.1) is 0 Å². The molecule has 0 amide bonds. The third kappa shape index (κ3) is 5.55. The van der Waals surface area contributed by atoms with Crippen molar-refractivity contribution in [2.45, 2.75) is 18.9 Å². The van der Waals surface area contributed by atoms with Gasteiger partial charge in [-0.15, -0.1) is 5.10 Å². The van der Waals surface area contributed by atoms with Crippen LogP contribution in [0.5, 0.6) is 0 Å². The van der Waals surface area contributed by atoms with E-state index in [-0.39, 0.29) is 51.3 Å². The Bertz CT molecular complexity index is 1760. The molecular formula is C28H15ClF6N4O3. The highest BCUT2D eigenvalue weighted by Gasteiger charge is 2.37. The number of aldehydes is 1. The van der Waals surface area contributed by atoms with Gasteiger partial charge in [-0.05, 0) is 35.9 Å². The first kappa shape index (κ1) is 28.7. The van der Waals surface area contributed by atoms with Crippen molar-refractivity contribution in [3.8, 4) is 22.6 Å². The summed E-state index contributed by atoms with van der Waals surface area (Å²) in [6.07, 6.45) is -9.84. The minimum absolute atomic E-state index is 0.0149. The molecule has 0 aliphatic rings. The lowest BCUT2D eigenvalue weighted by Crippen LogP contribution is -2.14. The first-order valence-electron chi connectivity index (χ1n) is 11.9. The summed E-state index contributed by atoms with van der Waals surface area (Å²) in [4.78, 5) is 25.7. The highest BCUT2D eigenvalue weighted by molar-refractivity contribution is 6.33. The molecule has 0 atom stereocenters. The van der Waals surface area contributed by atoms with Crippen molar-refractivity contribution in [1.82, 2.24) is 20.2 Å². The Labute approximate surface area is 237 Å². The zero-order valence-electron chi connectivity index (χ0n) is 20.9. The smallest absolute Gasteiger partial charge is 0.355 e. The lowest BCUT2D eigenvalue weighted by molar-refractivity contribution is -0.143. The van der Waals surface area contributed by atoms with E-state index in [9.17, 15) is 35.9 Å². The van der Waals surface area contributed by atoms with Gasteiger partial charge in [0.1, 0.15) is 11.3 Å². The number of hydrogen-bond donors (Lipinski definition) is 0. The van der Waals surface area contributed by atoms with Crippen LogP contribution in [0.3, 0.4) is 0 Å². The molecule has 0 bridgehead atoms. The quantitative estimate of drug-likeness (QED) is 0.109. The molecule has 0 N–H and O–H groups in total. The molecule has 0 unspecified atom stereocenters. The molecule has 0 spiro atoms. The van der Waals surface area contributed by atoms with Gasteiger partial charge in [-0.25, -0.2) is 4.68 Å². The number of benzene rings is 3. The Morgan fingerprint density at radius 2 is 1.52 bits per heavy atom. The second-order valence-electron chi connectivity index (χ2n) is 8.92. The number of carbonyl (C=O) groups is 2. The Kier molecular flexibility index (Phi) is 7.45. The highest BCUT2D eigenvalue weighted by Crippen LogP contribution is 2.38. The van der Waals surface area contributed by atoms with E-state index >= 15 is 0 Å². The van der Waals surface area contributed by atoms with Gasteiger partial charge in [0, 0.05) is 11.1 Å². The summed E-state index contributed by atoms with van der Waals surface area (Å²) in [7, 11) is 0. The molecule has 7 nitrogen and oxygen atoms in total. The van der Waals surface area contributed by atoms with Crippen LogP contribution in [0.4, 0.5) is 26.3 Å². The number of halogens is 7. The van der Waals surface area contributed by atoms with Crippen molar-refractivity contribution in [3.05, 3.63) is 111 Å². The summed E-state index contributed by atoms with van der Waals surface area (Å²) in [6.45, 7) is -0.612. The molecule has 0 fully saturated rings. The Balaban J connectivity index is 1.67. The van der Waals surface area contributed by atoms with Crippen molar-refractivity contribution in [2.75, 3.05) is 0 Å². The number of hydrogen-bond acceptors (Lipinski definition) is 6. The molecule has 2 heterocycles. The van der Waals surface area contributed by atoms with Gasteiger partial charge in [-0.3, -0.25) is 9.59 Å². The third-order valence-corrected chi connectivity index (χ3v) is 6.48. The summed E-state index contributed by atoms with van der Waals surface area (Å²) in [5.41, 5.74) is -3.93. The maximum atomic E-state index is 13.9. The molecule has 0 saturated carbocycles. The predicted octanol–water partition coefficient (Wildman–Crippen LogP) is 7.38. The van der Waals surface area contributed by atoms with Gasteiger partial charge in [0.2, 0.25) is 5.78 Å². The van der Waals surface area contributed by atoms with E-state index in [1.54, 1.807) is 42.5 Å². The van der Waals surface area contributed by atoms with Crippen LogP contribution >= 0.6 is 11.6 Å². The summed E-state index contributed by atoms with van der Waals surface area (Å²) < 4.78 is 87.1. The Morgan fingerprint density at radius 3 is 2.12 bits per heavy atom. The number of carbonyl (C=O) groups excluding carboxylic acids is 2. The molecule has 2 aromatic heterocycles. The van der Waals surface area contributed by atoms with Gasteiger partial charge >= 0.3 is 12.4 Å². The average Bonchev–Trinajstić information content (AvgIpc) is 3.57. The second-order valence-corrected chi connectivity index (χ2v) is 9.33. The number of alkyl halides is 6. The molecule has 3 aromatic carbocycles. The van der Waals surface area contributed by atoms with E-state index in [0.29, 0.717) is 17.7 Å². The maximum absolute atomic E-state index is 13.9. The highest BCUT2D eigenvalue weighted by atomic mass is 35.5. The van der Waals surface area contributed by atoms with Crippen LogP contribution in [0.1, 0.15) is 43.2 Å². The molecule has 0 radical (unpaired) electrons. The van der Waals surface area contributed by atoms with Gasteiger partial charge in [0.25, 0.3) is 0 Å². The monoisotopic (exact) mass is 604 g/mol. The predicted molar refractivity (Wildman–Crippen MR) is 137 cm³/mol. The zero-order valence-corrected chi connectivity index (χ0v) is 21.6. The first-order valence-corrected chi connectivity index (χ1v) is 12.3. The van der Waals surface area contributed by atoms with Crippen LogP contribution in [-0.2, 0) is 18.9 Å². The summed E-state index contributed by atoms with van der Waals surface area (Å²) >= 11 is 6.27. The van der Waals surface area contributed by atoms with Gasteiger partial charge in [0.15, 0.2) is 23.4 Å². The van der Waals surface area contributed by atoms with E-state index in [4.69, 9.17) is 16.1 Å². The molecule has 42 heavy (non-hydrogen) atoms. The van der Waals surface area contributed by atoms with E-state index in [2.05, 4.69) is 15.5 Å². The lowest BCUT2D eigenvalue weighted by Gasteiger charge is -2.15. The van der Waals surface area contributed by atoms with Crippen molar-refractivity contribution < 1.29 is 40.5 Å². The first-order chi connectivity index (χ1) is 19.9. The zero-order chi connectivity index (χ0) is 30.2. The van der Waals surface area contributed by atoms with Gasteiger partial charge in [-0.1, -0.05) is 64.4 Å². The average molecular weight is 605 g/mol. The summed E-state index contributed by atoms with van der Waals surface area (Å²) in [5.74, 6) is -1.03.